The third kappa shape index (κ3) is 1.16. The topological polar surface area (TPSA) is 49.3 Å². The van der Waals surface area contributed by atoms with Crippen LogP contribution in [0.5, 0.6) is 0 Å². The lowest BCUT2D eigenvalue weighted by molar-refractivity contribution is -0.118. The molecule has 0 aromatic rings. The van der Waals surface area contributed by atoms with Gasteiger partial charge in [0.25, 0.3) is 0 Å². The molecule has 2 aliphatic rings. The lowest BCUT2D eigenvalue weighted by atomic mass is 9.93. The molecule has 3 nitrogen and oxygen atoms in total. The van der Waals surface area contributed by atoms with Crippen molar-refractivity contribution < 1.29 is 9.90 Å². The number of rotatable bonds is 1. The number of hydrogen-bond acceptors (Lipinski definition) is 2. The number of hydrogen-bond donors (Lipinski definition) is 2. The van der Waals surface area contributed by atoms with E-state index < -0.39 is 0 Å². The van der Waals surface area contributed by atoms with E-state index in [1.54, 1.807) is 0 Å². The van der Waals surface area contributed by atoms with E-state index in [4.69, 9.17) is 5.11 Å². The van der Waals surface area contributed by atoms with Gasteiger partial charge >= 0.3 is 0 Å². The Bertz CT molecular complexity index is 278. The maximum absolute atomic E-state index is 11.0. The summed E-state index contributed by atoms with van der Waals surface area (Å²) < 4.78 is 0. The van der Waals surface area contributed by atoms with E-state index in [1.807, 2.05) is 12.2 Å². The number of carbonyl (C=O) groups excluding carboxylic acids is 1. The normalized spacial score (nSPS) is 27.4. The van der Waals surface area contributed by atoms with Gasteiger partial charge in [-0.25, -0.2) is 0 Å². The molecule has 0 aromatic heterocycles. The van der Waals surface area contributed by atoms with Gasteiger partial charge in [0.2, 0.25) is 5.91 Å². The number of nitrogens with one attached hydrogen (secondary N) is 1. The van der Waals surface area contributed by atoms with Crippen molar-refractivity contribution in [3.8, 4) is 0 Å². The molecule has 1 atom stereocenters. The number of aliphatic hydroxyl groups excluding tert-OH is 1. The second-order valence-electron chi connectivity index (χ2n) is 3.25. The zero-order valence-corrected chi connectivity index (χ0v) is 6.71. The van der Waals surface area contributed by atoms with Crippen LogP contribution in [-0.4, -0.2) is 17.6 Å². The fourth-order valence-corrected chi connectivity index (χ4v) is 1.66. The number of amides is 1. The van der Waals surface area contributed by atoms with Gasteiger partial charge in [-0.1, -0.05) is 6.08 Å². The molecule has 0 spiro atoms. The molecule has 2 N–H and O–H groups in total. The maximum atomic E-state index is 11.0. The second-order valence-corrected chi connectivity index (χ2v) is 3.25. The summed E-state index contributed by atoms with van der Waals surface area (Å²) >= 11 is 0. The highest BCUT2D eigenvalue weighted by atomic mass is 16.3. The van der Waals surface area contributed by atoms with Crippen molar-refractivity contribution in [2.45, 2.75) is 12.8 Å². The fourth-order valence-electron chi connectivity index (χ4n) is 1.66. The Hall–Kier alpha value is -1.09. The zero-order chi connectivity index (χ0) is 8.55. The predicted molar refractivity (Wildman–Crippen MR) is 44.1 cm³/mol. The average molecular weight is 165 g/mol. The lowest BCUT2D eigenvalue weighted by Gasteiger charge is -2.14. The van der Waals surface area contributed by atoms with Crippen molar-refractivity contribution in [2.75, 3.05) is 6.61 Å². The number of aliphatic hydroxyl groups is 1. The van der Waals surface area contributed by atoms with Crippen LogP contribution in [0.3, 0.4) is 0 Å². The molecule has 0 saturated heterocycles. The molecule has 64 valence electrons. The van der Waals surface area contributed by atoms with E-state index in [0.29, 0.717) is 6.42 Å². The first-order chi connectivity index (χ1) is 5.79. The Morgan fingerprint density at radius 3 is 3.25 bits per heavy atom. The zero-order valence-electron chi connectivity index (χ0n) is 6.71. The summed E-state index contributed by atoms with van der Waals surface area (Å²) in [4.78, 5) is 11.0. The summed E-state index contributed by atoms with van der Waals surface area (Å²) in [7, 11) is 0. The van der Waals surface area contributed by atoms with Crippen molar-refractivity contribution in [3.63, 3.8) is 0 Å². The van der Waals surface area contributed by atoms with Gasteiger partial charge in [0.05, 0.1) is 6.42 Å². The van der Waals surface area contributed by atoms with Crippen LogP contribution in [-0.2, 0) is 4.79 Å². The van der Waals surface area contributed by atoms with Gasteiger partial charge < -0.3 is 10.4 Å². The molecular weight excluding hydrogens is 154 g/mol. The molecule has 2 rings (SSSR count). The van der Waals surface area contributed by atoms with Crippen molar-refractivity contribution in [1.29, 1.82) is 0 Å². The SMILES string of the molecule is O=C1CC2=C(C=CC(CO)C2)N1. The minimum atomic E-state index is 0.0724. The molecule has 3 heteroatoms. The van der Waals surface area contributed by atoms with Crippen LogP contribution >= 0.6 is 0 Å². The van der Waals surface area contributed by atoms with E-state index in [-0.39, 0.29) is 18.4 Å². The van der Waals surface area contributed by atoms with Crippen molar-refractivity contribution in [1.82, 2.24) is 5.32 Å². The Balaban J connectivity index is 2.15. The molecular formula is C9H11NO2. The Kier molecular flexibility index (Phi) is 1.73. The molecule has 0 fully saturated rings. The molecule has 0 aromatic carbocycles. The third-order valence-corrected chi connectivity index (χ3v) is 2.31. The predicted octanol–water partition coefficient (Wildman–Crippen LogP) is 0.329. The fraction of sp³-hybridized carbons (Fsp3) is 0.444. The second kappa shape index (κ2) is 2.75. The summed E-state index contributed by atoms with van der Waals surface area (Å²) in [6.07, 6.45) is 5.17. The van der Waals surface area contributed by atoms with E-state index in [9.17, 15) is 4.79 Å². The number of allylic oxidation sites excluding steroid dienone is 1. The average Bonchev–Trinajstić information content (AvgIpc) is 2.43. The molecule has 0 bridgehead atoms. The van der Waals surface area contributed by atoms with Gasteiger partial charge in [-0.3, -0.25) is 4.79 Å². The van der Waals surface area contributed by atoms with Crippen LogP contribution in [0.25, 0.3) is 0 Å². The Labute approximate surface area is 70.8 Å². The Morgan fingerprint density at radius 1 is 1.67 bits per heavy atom. The number of carbonyl (C=O) groups is 1. The standard InChI is InChI=1S/C9H11NO2/c11-5-6-1-2-8-7(3-6)4-9(12)10-8/h1-2,6,11H,3-5H2,(H,10,12). The highest BCUT2D eigenvalue weighted by molar-refractivity contribution is 5.85. The molecule has 0 radical (unpaired) electrons. The molecule has 1 aliphatic heterocycles. The largest absolute Gasteiger partial charge is 0.396 e. The van der Waals surface area contributed by atoms with Gasteiger partial charge in [-0.15, -0.1) is 0 Å². The van der Waals surface area contributed by atoms with Crippen molar-refractivity contribution in [3.05, 3.63) is 23.4 Å². The first-order valence-corrected chi connectivity index (χ1v) is 4.10. The van der Waals surface area contributed by atoms with Crippen molar-refractivity contribution >= 4 is 5.91 Å². The van der Waals surface area contributed by atoms with Crippen molar-refractivity contribution in [2.24, 2.45) is 5.92 Å². The van der Waals surface area contributed by atoms with Crippen LogP contribution in [0, 0.1) is 5.92 Å². The van der Waals surface area contributed by atoms with Crippen LogP contribution in [0.2, 0.25) is 0 Å². The summed E-state index contributed by atoms with van der Waals surface area (Å²) in [6.45, 7) is 0.168. The molecule has 12 heavy (non-hydrogen) atoms. The van der Waals surface area contributed by atoms with Gasteiger partial charge in [0.1, 0.15) is 0 Å². The molecule has 1 heterocycles. The van der Waals surface area contributed by atoms with Gasteiger partial charge in [0.15, 0.2) is 0 Å². The van der Waals surface area contributed by atoms with Crippen LogP contribution in [0.15, 0.2) is 23.4 Å². The molecule has 1 aliphatic carbocycles. The van der Waals surface area contributed by atoms with Gasteiger partial charge in [-0.2, -0.15) is 0 Å². The first kappa shape index (κ1) is 7.55. The summed E-state index contributed by atoms with van der Waals surface area (Å²) in [5, 5.41) is 11.7. The molecule has 0 saturated carbocycles. The van der Waals surface area contributed by atoms with E-state index in [2.05, 4.69) is 5.32 Å². The summed E-state index contributed by atoms with van der Waals surface area (Å²) in [6, 6.07) is 0. The van der Waals surface area contributed by atoms with Crippen LogP contribution < -0.4 is 5.32 Å². The van der Waals surface area contributed by atoms with E-state index >= 15 is 0 Å². The minimum Gasteiger partial charge on any atom is -0.396 e. The maximum Gasteiger partial charge on any atom is 0.228 e. The molecule has 1 unspecified atom stereocenters. The lowest BCUT2D eigenvalue weighted by Crippen LogP contribution is -2.14. The Morgan fingerprint density at radius 2 is 2.50 bits per heavy atom. The highest BCUT2D eigenvalue weighted by Gasteiger charge is 2.23. The van der Waals surface area contributed by atoms with Gasteiger partial charge in [-0.05, 0) is 18.1 Å². The van der Waals surface area contributed by atoms with Crippen LogP contribution in [0.4, 0.5) is 0 Å². The summed E-state index contributed by atoms with van der Waals surface area (Å²) in [5.41, 5.74) is 2.09. The monoisotopic (exact) mass is 165 g/mol. The smallest absolute Gasteiger partial charge is 0.228 e. The van der Waals surface area contributed by atoms with Crippen LogP contribution in [0.1, 0.15) is 12.8 Å². The van der Waals surface area contributed by atoms with E-state index in [1.165, 1.54) is 0 Å². The summed E-state index contributed by atoms with van der Waals surface area (Å²) in [5.74, 6) is 0.277. The third-order valence-electron chi connectivity index (χ3n) is 2.31. The van der Waals surface area contributed by atoms with E-state index in [0.717, 1.165) is 17.7 Å². The highest BCUT2D eigenvalue weighted by Crippen LogP contribution is 2.27. The first-order valence-electron chi connectivity index (χ1n) is 4.10. The quantitative estimate of drug-likeness (QED) is 0.588. The minimum absolute atomic E-state index is 0.0724. The van der Waals surface area contributed by atoms with Gasteiger partial charge in [0, 0.05) is 18.2 Å². The molecule has 1 amide bonds.